The van der Waals surface area contributed by atoms with Crippen LogP contribution in [0.5, 0.6) is 0 Å². The fourth-order valence-corrected chi connectivity index (χ4v) is 7.61. The maximum absolute atomic E-state index is 10.5. The molecule has 4 unspecified atom stereocenters. The molecule has 0 bridgehead atoms. The number of fused-ring (bicyclic) bond motifs is 5. The fraction of sp³-hybridized carbons (Fsp3) is 0.850. The molecule has 1 nitrogen and oxygen atoms in total. The van der Waals surface area contributed by atoms with Gasteiger partial charge in [0.15, 0.2) is 0 Å². The summed E-state index contributed by atoms with van der Waals surface area (Å²) in [5, 5.41) is 10.5. The van der Waals surface area contributed by atoms with E-state index in [2.05, 4.69) is 23.9 Å². The van der Waals surface area contributed by atoms with Crippen molar-refractivity contribution in [3.8, 4) is 0 Å². The zero-order valence-corrected chi connectivity index (χ0v) is 17.0. The SMILES string of the molecule is C[C@]12CCC3C(CCC4=C[C@@H]([CH]=[Sn])CC[C@@]43C)C1CCC2O. The Hall–Kier alpha value is 0.369. The van der Waals surface area contributed by atoms with Gasteiger partial charge in [0.05, 0.1) is 0 Å². The Morgan fingerprint density at radius 3 is 2.68 bits per heavy atom. The molecule has 4 aliphatic carbocycles. The van der Waals surface area contributed by atoms with E-state index in [4.69, 9.17) is 0 Å². The molecule has 2 radical (unpaired) electrons. The van der Waals surface area contributed by atoms with E-state index in [1.807, 2.05) is 0 Å². The second kappa shape index (κ2) is 5.44. The summed E-state index contributed by atoms with van der Waals surface area (Å²) in [7, 11) is 0. The third kappa shape index (κ3) is 2.10. The van der Waals surface area contributed by atoms with Gasteiger partial charge in [0.25, 0.3) is 0 Å². The van der Waals surface area contributed by atoms with Crippen LogP contribution in [-0.4, -0.2) is 37.3 Å². The molecular weight excluding hydrogens is 375 g/mol. The van der Waals surface area contributed by atoms with Crippen molar-refractivity contribution in [2.24, 2.45) is 34.5 Å². The average molecular weight is 405 g/mol. The van der Waals surface area contributed by atoms with E-state index >= 15 is 0 Å². The third-order valence-corrected chi connectivity index (χ3v) is 9.53. The summed E-state index contributed by atoms with van der Waals surface area (Å²) >= 11 is 1.58. The minimum absolute atomic E-state index is 0.0307. The van der Waals surface area contributed by atoms with Crippen LogP contribution in [0, 0.1) is 34.5 Å². The average Bonchev–Trinajstić information content (AvgIpc) is 2.82. The minimum atomic E-state index is -0.0307. The van der Waals surface area contributed by atoms with Crippen molar-refractivity contribution in [1.29, 1.82) is 0 Å². The first-order valence-corrected chi connectivity index (χ1v) is 11.0. The molecule has 2 heteroatoms. The molecule has 4 rings (SSSR count). The number of aliphatic hydroxyl groups is 1. The van der Waals surface area contributed by atoms with Crippen LogP contribution < -0.4 is 0 Å². The molecule has 22 heavy (non-hydrogen) atoms. The molecule has 1 N–H and O–H groups in total. The zero-order chi connectivity index (χ0) is 15.5. The number of hydrogen-bond acceptors (Lipinski definition) is 1. The first kappa shape index (κ1) is 15.9. The summed E-state index contributed by atoms with van der Waals surface area (Å²) in [6.07, 6.45) is 13.1. The van der Waals surface area contributed by atoms with Gasteiger partial charge in [0.2, 0.25) is 0 Å². The van der Waals surface area contributed by atoms with Gasteiger partial charge in [0.1, 0.15) is 0 Å². The van der Waals surface area contributed by atoms with Crippen LogP contribution in [0.3, 0.4) is 0 Å². The molecule has 120 valence electrons. The molecule has 0 aromatic heterocycles. The van der Waals surface area contributed by atoms with Crippen molar-refractivity contribution in [2.75, 3.05) is 0 Å². The van der Waals surface area contributed by atoms with Gasteiger partial charge in [-0.3, -0.25) is 0 Å². The number of rotatable bonds is 1. The molecule has 3 fully saturated rings. The van der Waals surface area contributed by atoms with Crippen LogP contribution in [0.15, 0.2) is 11.6 Å². The van der Waals surface area contributed by atoms with Gasteiger partial charge in [-0.15, -0.1) is 0 Å². The van der Waals surface area contributed by atoms with Crippen molar-refractivity contribution in [1.82, 2.24) is 0 Å². The van der Waals surface area contributed by atoms with Crippen molar-refractivity contribution in [3.63, 3.8) is 0 Å². The topological polar surface area (TPSA) is 20.2 Å². The van der Waals surface area contributed by atoms with E-state index in [0.717, 1.165) is 30.1 Å². The first-order valence-electron chi connectivity index (χ1n) is 9.39. The van der Waals surface area contributed by atoms with Crippen LogP contribution in [0.2, 0.25) is 0 Å². The number of aliphatic hydroxyl groups excluding tert-OH is 1. The van der Waals surface area contributed by atoms with E-state index in [0.29, 0.717) is 5.41 Å². The standard InChI is InChI=1S/C20H30O.Sn/c1-13-8-10-19(2)14(12-13)4-5-15-16-6-7-18(21)20(16,3)11-9-17(15)19;/h1,12-13,15-18,21H,4-11H2,2-3H3;/t13-,15?,16?,17?,18?,19-,20-;/m0./s1. The number of hydrogen-bond donors (Lipinski definition) is 1. The van der Waals surface area contributed by atoms with Crippen LogP contribution in [0.1, 0.15) is 65.2 Å². The van der Waals surface area contributed by atoms with Gasteiger partial charge in [-0.2, -0.15) is 0 Å². The molecule has 4 aliphatic rings. The molecule has 0 saturated heterocycles. The Morgan fingerprint density at radius 2 is 1.91 bits per heavy atom. The maximum atomic E-state index is 10.5. The van der Waals surface area contributed by atoms with Gasteiger partial charge in [-0.1, -0.05) is 0 Å². The molecule has 0 aromatic rings. The number of allylic oxidation sites excluding steroid dienone is 2. The Morgan fingerprint density at radius 1 is 1.09 bits per heavy atom. The Labute approximate surface area is 148 Å². The quantitative estimate of drug-likeness (QED) is 0.519. The van der Waals surface area contributed by atoms with Crippen LogP contribution in [-0.2, 0) is 0 Å². The van der Waals surface area contributed by atoms with Crippen molar-refractivity contribution >= 4 is 26.1 Å². The Balaban J connectivity index is 1.66. The first-order chi connectivity index (χ1) is 10.5. The summed E-state index contributed by atoms with van der Waals surface area (Å²) in [5.74, 6) is 3.33. The zero-order valence-electron chi connectivity index (χ0n) is 14.1. The van der Waals surface area contributed by atoms with Crippen molar-refractivity contribution < 1.29 is 5.11 Å². The van der Waals surface area contributed by atoms with E-state index < -0.39 is 0 Å². The van der Waals surface area contributed by atoms with Gasteiger partial charge >= 0.3 is 149 Å². The van der Waals surface area contributed by atoms with Gasteiger partial charge in [-0.05, 0) is 0 Å². The normalized spacial score (nSPS) is 54.0. The molecule has 3 saturated carbocycles. The predicted octanol–water partition coefficient (Wildman–Crippen LogP) is 3.90. The second-order valence-electron chi connectivity index (χ2n) is 9.03. The summed E-state index contributed by atoms with van der Waals surface area (Å²) < 4.78 is 2.48. The van der Waals surface area contributed by atoms with Gasteiger partial charge < -0.3 is 0 Å². The monoisotopic (exact) mass is 406 g/mol. The summed E-state index contributed by atoms with van der Waals surface area (Å²) in [5.41, 5.74) is 2.51. The van der Waals surface area contributed by atoms with Gasteiger partial charge in [0, 0.05) is 0 Å². The molecule has 0 heterocycles. The van der Waals surface area contributed by atoms with Crippen LogP contribution >= 0.6 is 0 Å². The third-order valence-electron chi connectivity index (χ3n) is 8.31. The van der Waals surface area contributed by atoms with Crippen LogP contribution in [0.25, 0.3) is 0 Å². The fourth-order valence-electron chi connectivity index (χ4n) is 6.86. The van der Waals surface area contributed by atoms with Crippen molar-refractivity contribution in [3.05, 3.63) is 11.6 Å². The molecule has 0 amide bonds. The van der Waals surface area contributed by atoms with E-state index in [1.54, 1.807) is 27.6 Å². The molecule has 7 atom stereocenters. The summed E-state index contributed by atoms with van der Waals surface area (Å²) in [4.78, 5) is 0. The summed E-state index contributed by atoms with van der Waals surface area (Å²) in [6, 6.07) is 0. The Kier molecular flexibility index (Phi) is 3.92. The Bertz CT molecular complexity index is 512. The van der Waals surface area contributed by atoms with E-state index in [1.165, 1.54) is 44.9 Å². The van der Waals surface area contributed by atoms with E-state index in [-0.39, 0.29) is 11.5 Å². The molecule has 0 aromatic carbocycles. The van der Waals surface area contributed by atoms with E-state index in [9.17, 15) is 5.11 Å². The van der Waals surface area contributed by atoms with Crippen LogP contribution in [0.4, 0.5) is 0 Å². The second-order valence-corrected chi connectivity index (χ2v) is 9.98. The van der Waals surface area contributed by atoms with Crippen molar-refractivity contribution in [2.45, 2.75) is 71.3 Å². The molecule has 0 aliphatic heterocycles. The van der Waals surface area contributed by atoms with Gasteiger partial charge in [-0.25, -0.2) is 0 Å². The predicted molar refractivity (Wildman–Crippen MR) is 93.0 cm³/mol. The summed E-state index contributed by atoms with van der Waals surface area (Å²) in [6.45, 7) is 4.98. The molecular formula is C20H30OSn. The molecule has 0 spiro atoms.